The molecule has 0 spiro atoms. The summed E-state index contributed by atoms with van der Waals surface area (Å²) < 4.78 is 3.45. The highest BCUT2D eigenvalue weighted by atomic mass is 79.9. The van der Waals surface area contributed by atoms with Gasteiger partial charge in [-0.25, -0.2) is 59.0 Å². The van der Waals surface area contributed by atoms with Gasteiger partial charge >= 0.3 is 24.1 Å². The van der Waals surface area contributed by atoms with E-state index in [2.05, 4.69) is 145 Å². The number of hydrogen-bond donors (Lipinski definition) is 5. The number of carbonyl (C=O) groups excluding carboxylic acids is 4. The number of amides is 8. The third-order valence-electron chi connectivity index (χ3n) is 12.1. The summed E-state index contributed by atoms with van der Waals surface area (Å²) in [7, 11) is 0. The number of fused-ring (bicyclic) bond motifs is 4. The maximum Gasteiger partial charge on any atom is 0.317 e. The largest absolute Gasteiger partial charge is 0.337 e. The summed E-state index contributed by atoms with van der Waals surface area (Å²) in [6.07, 6.45) is 13.6. The van der Waals surface area contributed by atoms with E-state index in [1.54, 1.807) is 49.6 Å². The van der Waals surface area contributed by atoms with E-state index in [0.717, 1.165) is 121 Å². The number of halogens is 5. The molecule has 4 aromatic heterocycles. The second kappa shape index (κ2) is 23.7. The van der Waals surface area contributed by atoms with Crippen molar-refractivity contribution in [3.63, 3.8) is 0 Å². The lowest BCUT2D eigenvalue weighted by Crippen LogP contribution is -2.52. The van der Waals surface area contributed by atoms with Crippen molar-refractivity contribution in [3.8, 4) is 0 Å². The average molecular weight is 1230 g/mol. The highest BCUT2D eigenvalue weighted by molar-refractivity contribution is 9.11. The topological polar surface area (TPSA) is 254 Å². The standard InChI is InChI=1S/3C10H12BrN5O.C6H11N3O.C4H2BrClN2/c3*11-7-3-12-9(13-4-7)15-1-2-16-8(6-15)5-14-10(16)17;10-6-8-4-5-3-7-1-2-9(5)6;5-3-1-7-4(6)8-2-3/h3*3-4,8H,1-2,5-6H2,(H,14,17);5,7H,1-4H2,(H,8,10);1-2H/t2*8-;;;/m10.../s1. The van der Waals surface area contributed by atoms with E-state index in [1.807, 2.05) is 19.6 Å². The molecule has 8 saturated heterocycles. The summed E-state index contributed by atoms with van der Waals surface area (Å²) >= 11 is 18.5. The molecule has 2 unspecified atom stereocenters. The van der Waals surface area contributed by atoms with Crippen LogP contribution in [-0.4, -0.2) is 212 Å². The molecular weight excluding hydrogens is 1180 g/mol. The second-order valence-electron chi connectivity index (χ2n) is 16.4. The van der Waals surface area contributed by atoms with Gasteiger partial charge in [-0.2, -0.15) is 0 Å². The number of urea groups is 4. The molecule has 8 aliphatic heterocycles. The summed E-state index contributed by atoms with van der Waals surface area (Å²) in [5.74, 6) is 2.19. The molecule has 0 bridgehead atoms. The van der Waals surface area contributed by atoms with Crippen molar-refractivity contribution < 1.29 is 19.2 Å². The number of anilines is 3. The van der Waals surface area contributed by atoms with E-state index in [0.29, 0.717) is 25.7 Å². The summed E-state index contributed by atoms with van der Waals surface area (Å²) in [6.45, 7) is 12.6. The van der Waals surface area contributed by atoms with Crippen LogP contribution in [0.4, 0.5) is 37.0 Å². The molecule has 4 aromatic rings. The first kappa shape index (κ1) is 50.4. The van der Waals surface area contributed by atoms with Gasteiger partial charge in [0.1, 0.15) is 0 Å². The highest BCUT2D eigenvalue weighted by Gasteiger charge is 2.38. The number of rotatable bonds is 3. The van der Waals surface area contributed by atoms with E-state index in [9.17, 15) is 19.2 Å². The van der Waals surface area contributed by atoms with Crippen molar-refractivity contribution >= 4 is 117 Å². The predicted octanol–water partition coefficient (Wildman–Crippen LogP) is 2.23. The lowest BCUT2D eigenvalue weighted by Gasteiger charge is -2.36. The molecule has 8 fully saturated rings. The van der Waals surface area contributed by atoms with Crippen molar-refractivity contribution in [3.05, 3.63) is 72.7 Å². The molecule has 8 amide bonds. The molecular formula is C40H49Br4ClN20O4. The number of nitrogens with zero attached hydrogens (tertiary/aromatic N) is 15. The van der Waals surface area contributed by atoms with Gasteiger partial charge < -0.3 is 60.9 Å². The van der Waals surface area contributed by atoms with E-state index >= 15 is 0 Å². The zero-order valence-corrected chi connectivity index (χ0v) is 44.1. The van der Waals surface area contributed by atoms with Crippen LogP contribution in [-0.2, 0) is 0 Å². The average Bonchev–Trinajstić information content (AvgIpc) is 4.16. The third-order valence-corrected chi connectivity index (χ3v) is 13.9. The van der Waals surface area contributed by atoms with Crippen LogP contribution in [0, 0.1) is 0 Å². The van der Waals surface area contributed by atoms with Crippen LogP contribution in [0.5, 0.6) is 0 Å². The van der Waals surface area contributed by atoms with Crippen molar-refractivity contribution in [2.75, 3.05) is 119 Å². The lowest BCUT2D eigenvalue weighted by molar-refractivity contribution is 0.191. The Morgan fingerprint density at radius 1 is 0.406 bits per heavy atom. The first-order valence-electron chi connectivity index (χ1n) is 22.1. The zero-order valence-electron chi connectivity index (χ0n) is 37.0. The van der Waals surface area contributed by atoms with E-state index in [4.69, 9.17) is 11.6 Å². The van der Waals surface area contributed by atoms with Gasteiger partial charge in [0.2, 0.25) is 23.1 Å². The van der Waals surface area contributed by atoms with Crippen LogP contribution >= 0.6 is 75.3 Å². The Morgan fingerprint density at radius 2 is 0.696 bits per heavy atom. The summed E-state index contributed by atoms with van der Waals surface area (Å²) in [5.41, 5.74) is 0. The second-order valence-corrected chi connectivity index (χ2v) is 20.5. The molecule has 368 valence electrons. The van der Waals surface area contributed by atoms with E-state index in [-0.39, 0.29) is 47.5 Å². The Hall–Kier alpha value is -5.03. The van der Waals surface area contributed by atoms with Crippen LogP contribution in [0.1, 0.15) is 0 Å². The minimum Gasteiger partial charge on any atom is -0.337 e. The zero-order chi connectivity index (χ0) is 48.4. The fraction of sp³-hybridized carbons (Fsp3) is 0.500. The molecule has 0 saturated carbocycles. The van der Waals surface area contributed by atoms with Crippen LogP contribution in [0.2, 0.25) is 5.28 Å². The third kappa shape index (κ3) is 13.2. The van der Waals surface area contributed by atoms with Crippen molar-refractivity contribution in [2.45, 2.75) is 24.2 Å². The predicted molar refractivity (Wildman–Crippen MR) is 269 cm³/mol. The quantitative estimate of drug-likeness (QED) is 0.185. The molecule has 12 heterocycles. The van der Waals surface area contributed by atoms with Gasteiger partial charge in [-0.05, 0) is 75.3 Å². The highest BCUT2D eigenvalue weighted by Crippen LogP contribution is 2.22. The SMILES string of the molecule is Clc1ncc(Br)cn1.O=C1NCC2CN(c3ncc(Br)cn3)CCN12.O=C1NCC2CNCCN12.O=C1NC[C@@H]2CN(c3ncc(Br)cn3)CCN12.O=C1NC[C@H]2CN(c3ncc(Br)cn3)CCN12. The summed E-state index contributed by atoms with van der Waals surface area (Å²) in [4.78, 5) is 92.3. The normalized spacial score (nSPS) is 23.1. The number of nitrogens with one attached hydrogen (secondary N) is 5. The molecule has 12 rings (SSSR count). The first-order chi connectivity index (χ1) is 33.4. The smallest absolute Gasteiger partial charge is 0.317 e. The van der Waals surface area contributed by atoms with Gasteiger partial charge in [0, 0.05) is 154 Å². The summed E-state index contributed by atoms with van der Waals surface area (Å²) in [6, 6.07) is 1.37. The van der Waals surface area contributed by atoms with Crippen LogP contribution in [0.3, 0.4) is 0 Å². The molecule has 24 nitrogen and oxygen atoms in total. The van der Waals surface area contributed by atoms with Crippen LogP contribution in [0.15, 0.2) is 67.5 Å². The molecule has 4 atom stereocenters. The van der Waals surface area contributed by atoms with Gasteiger partial charge in [-0.15, -0.1) is 0 Å². The minimum absolute atomic E-state index is 0.0476. The van der Waals surface area contributed by atoms with Crippen LogP contribution in [0.25, 0.3) is 0 Å². The molecule has 69 heavy (non-hydrogen) atoms. The molecule has 29 heteroatoms. The van der Waals surface area contributed by atoms with Gasteiger partial charge in [0.05, 0.1) is 42.1 Å². The van der Waals surface area contributed by atoms with Gasteiger partial charge in [-0.1, -0.05) is 0 Å². The maximum absolute atomic E-state index is 11.5. The molecule has 0 aliphatic carbocycles. The minimum atomic E-state index is 0.0476. The Labute approximate surface area is 436 Å². The molecule has 5 N–H and O–H groups in total. The number of piperazine rings is 4. The molecule has 0 aromatic carbocycles. The van der Waals surface area contributed by atoms with E-state index in [1.165, 1.54) is 0 Å². The number of carbonyl (C=O) groups is 4. The first-order valence-corrected chi connectivity index (χ1v) is 25.6. The molecule has 8 aliphatic rings. The Bertz CT molecular complexity index is 2170. The fourth-order valence-electron chi connectivity index (χ4n) is 8.58. The van der Waals surface area contributed by atoms with Crippen molar-refractivity contribution in [2.24, 2.45) is 0 Å². The Morgan fingerprint density at radius 3 is 1.00 bits per heavy atom. The van der Waals surface area contributed by atoms with Gasteiger partial charge in [-0.3, -0.25) is 0 Å². The lowest BCUT2D eigenvalue weighted by atomic mass is 10.2. The van der Waals surface area contributed by atoms with Crippen LogP contribution < -0.4 is 41.3 Å². The monoisotopic (exact) mass is 1220 g/mol. The number of hydrogen-bond acceptors (Lipinski definition) is 16. The Balaban J connectivity index is 0.000000119. The summed E-state index contributed by atoms with van der Waals surface area (Å²) in [5, 5.41) is 14.9. The van der Waals surface area contributed by atoms with Gasteiger partial charge in [0.15, 0.2) is 0 Å². The maximum atomic E-state index is 11.5. The molecule has 0 radical (unpaired) electrons. The van der Waals surface area contributed by atoms with Gasteiger partial charge in [0.25, 0.3) is 0 Å². The van der Waals surface area contributed by atoms with E-state index < -0.39 is 0 Å². The number of aromatic nitrogens is 8. The van der Waals surface area contributed by atoms with Crippen molar-refractivity contribution in [1.29, 1.82) is 0 Å². The Kier molecular flexibility index (Phi) is 17.3. The van der Waals surface area contributed by atoms with Crippen molar-refractivity contribution in [1.82, 2.24) is 86.1 Å². The fourth-order valence-corrected chi connectivity index (χ4v) is 9.49.